The second-order valence-electron chi connectivity index (χ2n) is 12.8. The van der Waals surface area contributed by atoms with Crippen LogP contribution in [0.3, 0.4) is 0 Å². The standard InChI is InChI=1S/C27H28N.C14H26O2.Ir/c1-18(2)13-20-15-21(14-19(3)4)17-23(16-20)27-26-10-9-22-7-5-6-8-24(22)25(26)11-12-28-27;1-6-11(7-2)13(15)10(5)14(16)12(8-3)9-4;/h5-12,15-16,18-19H,13-14H2,1-4H3;11-12,15H,6-9H2,1-5H3;/q-1;;/b;13-10-;/i;5D3;. The Bertz CT molecular complexity index is 1640. The smallest absolute Gasteiger partial charge is 0.164 e. The van der Waals surface area contributed by atoms with Crippen LogP contribution in [0.1, 0.15) is 103 Å². The first-order chi connectivity index (χ1) is 22.2. The molecule has 0 saturated carbocycles. The van der Waals surface area contributed by atoms with Crippen LogP contribution in [-0.2, 0) is 37.7 Å². The average Bonchev–Trinajstić information content (AvgIpc) is 3.01. The summed E-state index contributed by atoms with van der Waals surface area (Å²) in [6.07, 6.45) is 6.49. The molecule has 3 aromatic carbocycles. The van der Waals surface area contributed by atoms with Crippen molar-refractivity contribution >= 4 is 27.3 Å². The first kappa shape index (κ1) is 33.5. The summed E-state index contributed by atoms with van der Waals surface area (Å²) in [6.45, 7) is 14.0. The van der Waals surface area contributed by atoms with Crippen molar-refractivity contribution in [1.82, 2.24) is 4.98 Å². The van der Waals surface area contributed by atoms with E-state index in [1.165, 1.54) is 32.7 Å². The fraction of sp³-hybridized carbons (Fsp3) is 0.463. The van der Waals surface area contributed by atoms with Crippen LogP contribution in [0.5, 0.6) is 0 Å². The monoisotopic (exact) mass is 788 g/mol. The molecular weight excluding hydrogens is 731 g/mol. The van der Waals surface area contributed by atoms with Crippen molar-refractivity contribution in [3.05, 3.63) is 89.3 Å². The van der Waals surface area contributed by atoms with Gasteiger partial charge in [-0.15, -0.1) is 34.9 Å². The van der Waals surface area contributed by atoms with Crippen LogP contribution < -0.4 is 0 Å². The van der Waals surface area contributed by atoms with Crippen LogP contribution in [0.25, 0.3) is 32.8 Å². The van der Waals surface area contributed by atoms with E-state index in [-0.39, 0.29) is 43.3 Å². The van der Waals surface area contributed by atoms with Crippen molar-refractivity contribution in [1.29, 1.82) is 0 Å². The number of allylic oxidation sites excluding steroid dienone is 2. The summed E-state index contributed by atoms with van der Waals surface area (Å²) < 4.78 is 22.6. The fourth-order valence-corrected chi connectivity index (χ4v) is 5.98. The van der Waals surface area contributed by atoms with Gasteiger partial charge in [0.25, 0.3) is 0 Å². The number of benzene rings is 3. The van der Waals surface area contributed by atoms with Crippen molar-refractivity contribution in [3.63, 3.8) is 0 Å². The number of carbonyl (C=O) groups excluding carboxylic acids is 1. The molecule has 1 aromatic heterocycles. The zero-order valence-electron chi connectivity index (χ0n) is 31.5. The molecule has 0 aliphatic carbocycles. The first-order valence-electron chi connectivity index (χ1n) is 18.0. The SMILES string of the molecule is CC(C)Cc1[c-]c(-c2nccc3c2ccc2ccccc23)cc(CC(C)C)c1.[2H]C([2H])([2H])/C(C(=O)C(CC)CC)=C(/O)C(CC)CC.[Ir]. The Hall–Kier alpha value is -2.81. The molecular formula is C41H54IrNO2-. The van der Waals surface area contributed by atoms with Gasteiger partial charge in [-0.1, -0.05) is 91.8 Å². The summed E-state index contributed by atoms with van der Waals surface area (Å²) in [5.41, 5.74) is 4.49. The van der Waals surface area contributed by atoms with E-state index >= 15 is 0 Å². The Labute approximate surface area is 290 Å². The number of aliphatic hydroxyl groups excluding tert-OH is 1. The van der Waals surface area contributed by atoms with Crippen LogP contribution in [0.2, 0.25) is 0 Å². The third-order valence-electron chi connectivity index (χ3n) is 8.41. The van der Waals surface area contributed by atoms with Gasteiger partial charge in [-0.3, -0.25) is 4.79 Å². The molecule has 4 aromatic rings. The van der Waals surface area contributed by atoms with E-state index in [0.717, 1.165) is 24.1 Å². The zero-order chi connectivity index (χ0) is 34.9. The number of rotatable bonds is 12. The van der Waals surface area contributed by atoms with E-state index in [4.69, 9.17) is 9.10 Å². The van der Waals surface area contributed by atoms with E-state index in [1.54, 1.807) is 0 Å². The van der Waals surface area contributed by atoms with Gasteiger partial charge in [-0.2, -0.15) is 0 Å². The maximum atomic E-state index is 12.4. The van der Waals surface area contributed by atoms with Gasteiger partial charge in [0, 0.05) is 47.8 Å². The third-order valence-corrected chi connectivity index (χ3v) is 8.41. The Morgan fingerprint density at radius 1 is 0.822 bits per heavy atom. The number of hydrogen-bond acceptors (Lipinski definition) is 3. The summed E-state index contributed by atoms with van der Waals surface area (Å²) in [7, 11) is 0. The predicted molar refractivity (Wildman–Crippen MR) is 189 cm³/mol. The van der Waals surface area contributed by atoms with E-state index in [1.807, 2.05) is 33.9 Å². The first-order valence-corrected chi connectivity index (χ1v) is 16.5. The number of fused-ring (bicyclic) bond motifs is 3. The molecule has 245 valence electrons. The van der Waals surface area contributed by atoms with Crippen LogP contribution in [0, 0.1) is 29.7 Å². The molecule has 1 radical (unpaired) electrons. The van der Waals surface area contributed by atoms with E-state index < -0.39 is 12.6 Å². The maximum absolute atomic E-state index is 12.4. The van der Waals surface area contributed by atoms with Gasteiger partial charge in [0.05, 0.1) is 0 Å². The molecule has 0 atom stereocenters. The Morgan fingerprint density at radius 3 is 2.07 bits per heavy atom. The normalized spacial score (nSPS) is 13.3. The summed E-state index contributed by atoms with van der Waals surface area (Å²) in [5.74, 6) is 0.00589. The van der Waals surface area contributed by atoms with Crippen molar-refractivity contribution in [2.45, 2.75) is 101 Å². The topological polar surface area (TPSA) is 50.2 Å². The number of carbonyl (C=O) groups is 1. The van der Waals surface area contributed by atoms with Gasteiger partial charge in [0.1, 0.15) is 5.76 Å². The number of hydrogen-bond donors (Lipinski definition) is 1. The number of aliphatic hydroxyl groups is 1. The molecule has 0 spiro atoms. The van der Waals surface area contributed by atoms with Crippen molar-refractivity contribution in [2.75, 3.05) is 0 Å². The predicted octanol–water partition coefficient (Wildman–Crippen LogP) is 11.5. The van der Waals surface area contributed by atoms with Gasteiger partial charge < -0.3 is 10.1 Å². The Balaban J connectivity index is 0.000000355. The molecule has 0 fully saturated rings. The molecule has 45 heavy (non-hydrogen) atoms. The summed E-state index contributed by atoms with van der Waals surface area (Å²) >= 11 is 0. The van der Waals surface area contributed by atoms with Crippen LogP contribution in [0.15, 0.2) is 72.1 Å². The molecule has 4 rings (SSSR count). The van der Waals surface area contributed by atoms with Gasteiger partial charge >= 0.3 is 0 Å². The largest absolute Gasteiger partial charge is 0.512 e. The number of ketones is 1. The van der Waals surface area contributed by atoms with Gasteiger partial charge in [0.2, 0.25) is 0 Å². The van der Waals surface area contributed by atoms with Crippen molar-refractivity contribution < 1.29 is 34.1 Å². The van der Waals surface area contributed by atoms with E-state index in [0.29, 0.717) is 37.5 Å². The minimum atomic E-state index is -2.55. The van der Waals surface area contributed by atoms with Gasteiger partial charge in [-0.05, 0) is 90.5 Å². The number of nitrogens with zero attached hydrogens (tertiary/aromatic N) is 1. The molecule has 1 heterocycles. The molecule has 3 nitrogen and oxygen atoms in total. The molecule has 0 bridgehead atoms. The fourth-order valence-electron chi connectivity index (χ4n) is 5.98. The van der Waals surface area contributed by atoms with Crippen LogP contribution in [0.4, 0.5) is 0 Å². The second-order valence-corrected chi connectivity index (χ2v) is 12.8. The number of pyridine rings is 1. The third kappa shape index (κ3) is 10.1. The molecule has 0 amide bonds. The number of aromatic nitrogens is 1. The minimum Gasteiger partial charge on any atom is -0.512 e. The minimum absolute atomic E-state index is 0. The van der Waals surface area contributed by atoms with Gasteiger partial charge in [0.15, 0.2) is 5.78 Å². The Kier molecular flexibility index (Phi) is 13.7. The number of Topliss-reactive ketones (excluding diaryl/α,β-unsaturated/α-hetero) is 1. The molecule has 4 heteroatoms. The van der Waals surface area contributed by atoms with E-state index in [9.17, 15) is 9.90 Å². The second kappa shape index (κ2) is 18.4. The molecule has 0 aliphatic heterocycles. The summed E-state index contributed by atoms with van der Waals surface area (Å²) in [5, 5.41) is 15.2. The van der Waals surface area contributed by atoms with Crippen molar-refractivity contribution in [3.8, 4) is 11.3 Å². The molecule has 1 N–H and O–H groups in total. The maximum Gasteiger partial charge on any atom is 0.164 e. The van der Waals surface area contributed by atoms with E-state index in [2.05, 4.69) is 88.4 Å². The summed E-state index contributed by atoms with van der Waals surface area (Å²) in [6, 6.07) is 23.4. The van der Waals surface area contributed by atoms with Crippen molar-refractivity contribution in [2.24, 2.45) is 23.7 Å². The zero-order valence-corrected chi connectivity index (χ0v) is 30.9. The average molecular weight is 788 g/mol. The summed E-state index contributed by atoms with van der Waals surface area (Å²) in [4.78, 5) is 17.1. The van der Waals surface area contributed by atoms with Gasteiger partial charge in [-0.25, -0.2) is 0 Å². The molecule has 0 saturated heterocycles. The molecule has 0 unspecified atom stereocenters. The molecule has 0 aliphatic rings. The van der Waals surface area contributed by atoms with Crippen LogP contribution in [-0.4, -0.2) is 15.9 Å². The quantitative estimate of drug-likeness (QED) is 0.0673. The Morgan fingerprint density at radius 2 is 1.47 bits per heavy atom. The van der Waals surface area contributed by atoms with Crippen LogP contribution >= 0.6 is 0 Å².